The summed E-state index contributed by atoms with van der Waals surface area (Å²) in [5, 5.41) is 5.03. The number of methoxy groups -OCH3 is 1. The zero-order valence-corrected chi connectivity index (χ0v) is 17.9. The third-order valence-corrected chi connectivity index (χ3v) is 7.07. The van der Waals surface area contributed by atoms with Crippen molar-refractivity contribution in [1.82, 2.24) is 9.97 Å². The molecule has 1 N–H and O–H groups in total. The molecule has 146 valence electrons. The molecule has 0 saturated heterocycles. The zero-order valence-electron chi connectivity index (χ0n) is 16.2. The van der Waals surface area contributed by atoms with Crippen LogP contribution >= 0.6 is 23.1 Å². The quantitative estimate of drug-likeness (QED) is 0.478. The van der Waals surface area contributed by atoms with E-state index in [1.54, 1.807) is 18.4 Å². The van der Waals surface area contributed by atoms with Crippen LogP contribution in [0.3, 0.4) is 0 Å². The lowest BCUT2D eigenvalue weighted by Gasteiger charge is -2.18. The standard InChI is InChI=1S/C21H23N3O2S2/c1-12-4-9-16-17(10-12)28-21-19(16)20(22-13(2)23-21)27-11-18(25)24-14-5-7-15(26-3)8-6-14/h5-8,12H,4,9-11H2,1-3H3,(H,24,25). The Morgan fingerprint density at radius 2 is 2.11 bits per heavy atom. The first-order chi connectivity index (χ1) is 13.5. The average Bonchev–Trinajstić information content (AvgIpc) is 3.03. The third kappa shape index (κ3) is 4.00. The minimum absolute atomic E-state index is 0.0442. The van der Waals surface area contributed by atoms with Gasteiger partial charge >= 0.3 is 0 Å². The van der Waals surface area contributed by atoms with Crippen molar-refractivity contribution in [2.45, 2.75) is 38.1 Å². The van der Waals surface area contributed by atoms with Crippen LogP contribution in [-0.2, 0) is 17.6 Å². The highest BCUT2D eigenvalue weighted by Gasteiger charge is 2.24. The van der Waals surface area contributed by atoms with Gasteiger partial charge in [0.1, 0.15) is 21.4 Å². The molecule has 1 aliphatic carbocycles. The first kappa shape index (κ1) is 19.2. The van der Waals surface area contributed by atoms with Gasteiger partial charge in [-0.3, -0.25) is 4.79 Å². The van der Waals surface area contributed by atoms with Crippen molar-refractivity contribution in [3.63, 3.8) is 0 Å². The highest BCUT2D eigenvalue weighted by Crippen LogP contribution is 2.40. The van der Waals surface area contributed by atoms with E-state index in [4.69, 9.17) is 4.74 Å². The Balaban J connectivity index is 1.51. The van der Waals surface area contributed by atoms with Crippen molar-refractivity contribution < 1.29 is 9.53 Å². The fourth-order valence-corrected chi connectivity index (χ4v) is 5.91. The van der Waals surface area contributed by atoms with Crippen LogP contribution in [0, 0.1) is 12.8 Å². The molecular formula is C21H23N3O2S2. The maximum atomic E-state index is 12.4. The summed E-state index contributed by atoms with van der Waals surface area (Å²) in [5.41, 5.74) is 2.16. The van der Waals surface area contributed by atoms with Gasteiger partial charge in [-0.2, -0.15) is 0 Å². The van der Waals surface area contributed by atoms with Gasteiger partial charge in [0.15, 0.2) is 0 Å². The number of thiophene rings is 1. The fourth-order valence-electron chi connectivity index (χ4n) is 3.52. The van der Waals surface area contributed by atoms with Gasteiger partial charge in [0.25, 0.3) is 0 Å². The van der Waals surface area contributed by atoms with Crippen molar-refractivity contribution in [3.05, 3.63) is 40.5 Å². The normalized spacial score (nSPS) is 16.0. The summed E-state index contributed by atoms with van der Waals surface area (Å²) >= 11 is 3.29. The summed E-state index contributed by atoms with van der Waals surface area (Å²) < 4.78 is 5.15. The van der Waals surface area contributed by atoms with Crippen LogP contribution in [0.1, 0.15) is 29.6 Å². The Morgan fingerprint density at radius 1 is 1.32 bits per heavy atom. The van der Waals surface area contributed by atoms with Crippen LogP contribution < -0.4 is 10.1 Å². The number of thioether (sulfide) groups is 1. The molecule has 0 saturated carbocycles. The number of carbonyl (C=O) groups is 1. The lowest BCUT2D eigenvalue weighted by Crippen LogP contribution is -2.14. The second kappa shape index (κ2) is 8.09. The number of benzene rings is 1. The van der Waals surface area contributed by atoms with Gasteiger partial charge in [0.2, 0.25) is 5.91 Å². The van der Waals surface area contributed by atoms with Gasteiger partial charge in [-0.25, -0.2) is 9.97 Å². The maximum absolute atomic E-state index is 12.4. The Bertz CT molecular complexity index is 1010. The molecule has 0 bridgehead atoms. The van der Waals surface area contributed by atoms with Crippen molar-refractivity contribution in [1.29, 1.82) is 0 Å². The summed E-state index contributed by atoms with van der Waals surface area (Å²) in [6.45, 7) is 4.23. The Kier molecular flexibility index (Phi) is 5.55. The predicted molar refractivity (Wildman–Crippen MR) is 116 cm³/mol. The second-order valence-corrected chi connectivity index (χ2v) is 9.22. The molecule has 0 spiro atoms. The highest BCUT2D eigenvalue weighted by molar-refractivity contribution is 8.00. The first-order valence-corrected chi connectivity index (χ1v) is 11.2. The molecule has 4 rings (SSSR count). The van der Waals surface area contributed by atoms with Crippen LogP contribution in [0.5, 0.6) is 5.75 Å². The van der Waals surface area contributed by atoms with E-state index in [0.29, 0.717) is 5.75 Å². The van der Waals surface area contributed by atoms with E-state index in [0.717, 1.165) is 45.9 Å². The summed E-state index contributed by atoms with van der Waals surface area (Å²) in [5.74, 6) is 2.52. The lowest BCUT2D eigenvalue weighted by atomic mass is 9.89. The fraction of sp³-hybridized carbons (Fsp3) is 0.381. The van der Waals surface area contributed by atoms with E-state index in [2.05, 4.69) is 22.2 Å². The van der Waals surface area contributed by atoms with E-state index >= 15 is 0 Å². The molecule has 2 aromatic heterocycles. The van der Waals surface area contributed by atoms with Gasteiger partial charge in [0, 0.05) is 16.0 Å². The number of ether oxygens (including phenoxy) is 1. The number of hydrogen-bond acceptors (Lipinski definition) is 6. The zero-order chi connectivity index (χ0) is 19.7. The number of fused-ring (bicyclic) bond motifs is 3. The van der Waals surface area contributed by atoms with Gasteiger partial charge in [-0.1, -0.05) is 18.7 Å². The Morgan fingerprint density at radius 3 is 2.86 bits per heavy atom. The van der Waals surface area contributed by atoms with E-state index in [-0.39, 0.29) is 5.91 Å². The number of amides is 1. The van der Waals surface area contributed by atoms with E-state index in [9.17, 15) is 4.79 Å². The third-order valence-electron chi connectivity index (χ3n) is 4.95. The number of aromatic nitrogens is 2. The van der Waals surface area contributed by atoms with Crippen LogP contribution in [-0.4, -0.2) is 28.7 Å². The van der Waals surface area contributed by atoms with E-state index in [1.807, 2.05) is 31.2 Å². The molecular weight excluding hydrogens is 390 g/mol. The molecule has 0 radical (unpaired) electrons. The molecule has 0 fully saturated rings. The number of nitrogens with one attached hydrogen (secondary N) is 1. The van der Waals surface area contributed by atoms with Gasteiger partial charge < -0.3 is 10.1 Å². The molecule has 1 atom stereocenters. The molecule has 1 aliphatic rings. The van der Waals surface area contributed by atoms with Crippen molar-refractivity contribution in [2.24, 2.45) is 5.92 Å². The maximum Gasteiger partial charge on any atom is 0.234 e. The van der Waals surface area contributed by atoms with Crippen molar-refractivity contribution in [2.75, 3.05) is 18.2 Å². The molecule has 2 heterocycles. The molecule has 1 amide bonds. The van der Waals surface area contributed by atoms with E-state index < -0.39 is 0 Å². The van der Waals surface area contributed by atoms with Gasteiger partial charge in [-0.05, 0) is 61.9 Å². The van der Waals surface area contributed by atoms with Crippen LogP contribution in [0.4, 0.5) is 5.69 Å². The average molecular weight is 414 g/mol. The number of carbonyl (C=O) groups excluding carboxylic acids is 1. The predicted octanol–water partition coefficient (Wildman–Crippen LogP) is 4.86. The van der Waals surface area contributed by atoms with Gasteiger partial charge in [0.05, 0.1) is 12.9 Å². The molecule has 0 aliphatic heterocycles. The molecule has 7 heteroatoms. The number of rotatable bonds is 5. The number of nitrogens with zero attached hydrogens (tertiary/aromatic N) is 2. The number of hydrogen-bond donors (Lipinski definition) is 1. The van der Waals surface area contributed by atoms with Gasteiger partial charge in [-0.15, -0.1) is 11.3 Å². The number of anilines is 1. The Labute approximate surface area is 172 Å². The first-order valence-electron chi connectivity index (χ1n) is 9.39. The summed E-state index contributed by atoms with van der Waals surface area (Å²) in [7, 11) is 1.62. The van der Waals surface area contributed by atoms with Crippen molar-refractivity contribution in [3.8, 4) is 5.75 Å². The second-order valence-electron chi connectivity index (χ2n) is 7.17. The monoisotopic (exact) mass is 413 g/mol. The highest BCUT2D eigenvalue weighted by atomic mass is 32.2. The summed E-state index contributed by atoms with van der Waals surface area (Å²) in [6.07, 6.45) is 3.40. The molecule has 1 aromatic carbocycles. The van der Waals surface area contributed by atoms with Crippen LogP contribution in [0.25, 0.3) is 10.2 Å². The van der Waals surface area contributed by atoms with Crippen molar-refractivity contribution >= 4 is 44.9 Å². The molecule has 28 heavy (non-hydrogen) atoms. The molecule has 3 aromatic rings. The minimum atomic E-state index is -0.0442. The smallest absolute Gasteiger partial charge is 0.234 e. The lowest BCUT2D eigenvalue weighted by molar-refractivity contribution is -0.113. The molecule has 1 unspecified atom stereocenters. The largest absolute Gasteiger partial charge is 0.497 e. The van der Waals surface area contributed by atoms with Crippen LogP contribution in [0.15, 0.2) is 29.3 Å². The Hall–Kier alpha value is -2.12. The van der Waals surface area contributed by atoms with Crippen LogP contribution in [0.2, 0.25) is 0 Å². The molecule has 5 nitrogen and oxygen atoms in total. The summed E-state index contributed by atoms with van der Waals surface area (Å²) in [4.78, 5) is 24.3. The van der Waals surface area contributed by atoms with E-state index in [1.165, 1.54) is 34.0 Å². The summed E-state index contributed by atoms with van der Waals surface area (Å²) in [6, 6.07) is 7.34. The topological polar surface area (TPSA) is 64.1 Å². The SMILES string of the molecule is COc1ccc(NC(=O)CSc2nc(C)nc3sc4c(c23)CCC(C)C4)cc1. The minimum Gasteiger partial charge on any atom is -0.497 e. The number of aryl methyl sites for hydroxylation is 2.